The largest absolute Gasteiger partial charge is 1.00 e. The average molecular weight is 297 g/mol. The summed E-state index contributed by atoms with van der Waals surface area (Å²) in [5.74, 6) is -0.0623. The first kappa shape index (κ1) is 13.6. The lowest BCUT2D eigenvalue weighted by Crippen LogP contribution is -3.00. The Kier molecular flexibility index (Phi) is 5.06. The number of carbonyl (C=O) groups excluding carboxylic acids is 1. The Morgan fingerprint density at radius 3 is 2.59 bits per heavy atom. The van der Waals surface area contributed by atoms with E-state index >= 15 is 0 Å². The lowest BCUT2D eigenvalue weighted by atomic mass is 10.1. The Labute approximate surface area is 110 Å². The summed E-state index contributed by atoms with van der Waals surface area (Å²) >= 11 is 0. The van der Waals surface area contributed by atoms with Gasteiger partial charge in [-0.15, -0.1) is 0 Å². The van der Waals surface area contributed by atoms with Crippen LogP contribution in [-0.2, 0) is 4.74 Å². The predicted molar refractivity (Wildman–Crippen MR) is 57.8 cm³/mol. The lowest BCUT2D eigenvalue weighted by molar-refractivity contribution is -0.742. The van der Waals surface area contributed by atoms with Crippen LogP contribution in [0.25, 0.3) is 0 Å². The van der Waals surface area contributed by atoms with Crippen molar-refractivity contribution in [1.82, 2.24) is 4.98 Å². The Morgan fingerprint density at radius 2 is 2.06 bits per heavy atom. The molecule has 0 radical (unpaired) electrons. The molecule has 2 aromatic rings. The van der Waals surface area contributed by atoms with Gasteiger partial charge in [-0.1, -0.05) is 30.3 Å². The SMILES string of the molecule is COC(C(=O)c1ccccc1)[n+]1cc[nH]c1.[Br-]. The van der Waals surface area contributed by atoms with Crippen LogP contribution in [0.5, 0.6) is 0 Å². The highest BCUT2D eigenvalue weighted by Crippen LogP contribution is 2.09. The molecule has 1 aromatic carbocycles. The zero-order chi connectivity index (χ0) is 11.4. The van der Waals surface area contributed by atoms with Crippen LogP contribution in [0.4, 0.5) is 0 Å². The second-order valence-corrected chi connectivity index (χ2v) is 3.38. The number of Topliss-reactive ketones (excluding diaryl/α,β-unsaturated/α-hetero) is 1. The van der Waals surface area contributed by atoms with Crippen LogP contribution in [0.15, 0.2) is 49.1 Å². The minimum atomic E-state index is -0.617. The third-order valence-corrected chi connectivity index (χ3v) is 2.34. The molecular weight excluding hydrogens is 284 g/mol. The Hall–Kier alpha value is -1.46. The van der Waals surface area contributed by atoms with E-state index in [2.05, 4.69) is 4.98 Å². The average Bonchev–Trinajstić information content (AvgIpc) is 2.85. The van der Waals surface area contributed by atoms with Gasteiger partial charge < -0.3 is 21.7 Å². The summed E-state index contributed by atoms with van der Waals surface area (Å²) < 4.78 is 6.89. The van der Waals surface area contributed by atoms with Gasteiger partial charge in [0.15, 0.2) is 0 Å². The van der Waals surface area contributed by atoms with Crippen molar-refractivity contribution < 1.29 is 31.1 Å². The second kappa shape index (κ2) is 6.32. The summed E-state index contributed by atoms with van der Waals surface area (Å²) in [6.45, 7) is 0. The van der Waals surface area contributed by atoms with E-state index in [-0.39, 0.29) is 22.8 Å². The number of imidazole rings is 1. The van der Waals surface area contributed by atoms with Gasteiger partial charge in [0, 0.05) is 12.7 Å². The number of benzene rings is 1. The summed E-state index contributed by atoms with van der Waals surface area (Å²) in [4.78, 5) is 15.0. The summed E-state index contributed by atoms with van der Waals surface area (Å²) in [6.07, 6.45) is 4.57. The van der Waals surface area contributed by atoms with Crippen molar-refractivity contribution >= 4 is 5.78 Å². The Bertz CT molecular complexity index is 457. The summed E-state index contributed by atoms with van der Waals surface area (Å²) in [7, 11) is 1.52. The third-order valence-electron chi connectivity index (χ3n) is 2.34. The van der Waals surface area contributed by atoms with Crippen molar-refractivity contribution in [2.45, 2.75) is 6.23 Å². The van der Waals surface area contributed by atoms with Crippen molar-refractivity contribution in [2.24, 2.45) is 0 Å². The number of nitrogens with zero attached hydrogens (tertiary/aromatic N) is 1. The number of aromatic amines is 1. The topological polar surface area (TPSA) is 46.0 Å². The van der Waals surface area contributed by atoms with Crippen LogP contribution >= 0.6 is 0 Å². The van der Waals surface area contributed by atoms with Gasteiger partial charge in [0.2, 0.25) is 12.1 Å². The van der Waals surface area contributed by atoms with Crippen molar-refractivity contribution in [2.75, 3.05) is 7.11 Å². The van der Waals surface area contributed by atoms with Crippen LogP contribution in [-0.4, -0.2) is 17.9 Å². The molecule has 1 N–H and O–H groups in total. The molecule has 2 rings (SSSR count). The molecule has 1 heterocycles. The molecule has 0 aliphatic carbocycles. The molecule has 0 fully saturated rings. The number of methoxy groups -OCH3 is 1. The highest BCUT2D eigenvalue weighted by molar-refractivity contribution is 5.97. The molecule has 0 bridgehead atoms. The standard InChI is InChI=1S/C12H12N2O2.BrH/c1-16-12(14-8-7-13-9-14)11(15)10-5-3-2-4-6-10;/h2-9,12H,1H3;1H. The summed E-state index contributed by atoms with van der Waals surface area (Å²) in [5, 5.41) is 0. The monoisotopic (exact) mass is 296 g/mol. The molecule has 1 aromatic heterocycles. The van der Waals surface area contributed by atoms with Crippen molar-refractivity contribution in [3.05, 3.63) is 54.6 Å². The van der Waals surface area contributed by atoms with E-state index in [9.17, 15) is 4.79 Å². The first-order valence-corrected chi connectivity index (χ1v) is 4.98. The maximum atomic E-state index is 12.1. The van der Waals surface area contributed by atoms with Crippen LogP contribution in [0.2, 0.25) is 0 Å². The predicted octanol–water partition coefficient (Wildman–Crippen LogP) is -1.67. The lowest BCUT2D eigenvalue weighted by Gasteiger charge is -2.10. The van der Waals surface area contributed by atoms with Crippen molar-refractivity contribution in [1.29, 1.82) is 0 Å². The Balaban J connectivity index is 0.00000144. The van der Waals surface area contributed by atoms with Crippen LogP contribution in [0.1, 0.15) is 16.6 Å². The molecule has 0 spiro atoms. The van der Waals surface area contributed by atoms with Gasteiger partial charge in [0.1, 0.15) is 12.4 Å². The fourth-order valence-electron chi connectivity index (χ4n) is 1.56. The number of hydrogen-bond donors (Lipinski definition) is 1. The van der Waals surface area contributed by atoms with E-state index in [0.717, 1.165) is 0 Å². The van der Waals surface area contributed by atoms with Gasteiger partial charge in [-0.3, -0.25) is 9.78 Å². The minimum absolute atomic E-state index is 0. The molecule has 0 saturated heterocycles. The fourth-order valence-corrected chi connectivity index (χ4v) is 1.56. The van der Waals surface area contributed by atoms with E-state index in [4.69, 9.17) is 4.74 Å². The highest BCUT2D eigenvalue weighted by Gasteiger charge is 2.24. The van der Waals surface area contributed by atoms with Crippen molar-refractivity contribution in [3.63, 3.8) is 0 Å². The molecular formula is C12H13BrN2O2. The molecule has 0 aliphatic rings. The molecule has 90 valence electrons. The molecule has 0 aliphatic heterocycles. The molecule has 1 unspecified atom stereocenters. The quantitative estimate of drug-likeness (QED) is 0.542. The van der Waals surface area contributed by atoms with Gasteiger partial charge in [-0.2, -0.15) is 0 Å². The second-order valence-electron chi connectivity index (χ2n) is 3.38. The number of aromatic nitrogens is 2. The molecule has 1 atom stereocenters. The van der Waals surface area contributed by atoms with E-state index in [0.29, 0.717) is 5.56 Å². The van der Waals surface area contributed by atoms with E-state index < -0.39 is 6.23 Å². The van der Waals surface area contributed by atoms with Gasteiger partial charge in [-0.25, -0.2) is 4.57 Å². The summed E-state index contributed by atoms with van der Waals surface area (Å²) in [5.41, 5.74) is 0.642. The smallest absolute Gasteiger partial charge is 0.266 e. The van der Waals surface area contributed by atoms with Gasteiger partial charge in [-0.05, 0) is 0 Å². The molecule has 4 nitrogen and oxygen atoms in total. The number of carbonyl (C=O) groups is 1. The zero-order valence-corrected chi connectivity index (χ0v) is 10.9. The maximum absolute atomic E-state index is 12.1. The minimum Gasteiger partial charge on any atom is -1.00 e. The summed E-state index contributed by atoms with van der Waals surface area (Å²) in [6, 6.07) is 9.11. The number of halogens is 1. The first-order chi connectivity index (χ1) is 7.83. The number of nitrogens with one attached hydrogen (secondary N) is 1. The fraction of sp³-hybridized carbons (Fsp3) is 0.167. The molecule has 0 saturated carbocycles. The number of ketones is 1. The molecule has 17 heavy (non-hydrogen) atoms. The first-order valence-electron chi connectivity index (χ1n) is 4.98. The molecule has 0 amide bonds. The van der Waals surface area contributed by atoms with Crippen LogP contribution in [0.3, 0.4) is 0 Å². The van der Waals surface area contributed by atoms with Crippen LogP contribution < -0.4 is 21.5 Å². The number of H-pyrrole nitrogens is 1. The maximum Gasteiger partial charge on any atom is 0.266 e. The van der Waals surface area contributed by atoms with Crippen molar-refractivity contribution in [3.8, 4) is 0 Å². The highest BCUT2D eigenvalue weighted by atomic mass is 79.9. The van der Waals surface area contributed by atoms with E-state index in [1.807, 2.05) is 18.2 Å². The van der Waals surface area contributed by atoms with Gasteiger partial charge in [0.25, 0.3) is 6.23 Å². The normalized spacial score (nSPS) is 11.6. The molecule has 5 heteroatoms. The van der Waals surface area contributed by atoms with E-state index in [1.54, 1.807) is 35.4 Å². The number of hydrogen-bond acceptors (Lipinski definition) is 2. The van der Waals surface area contributed by atoms with Crippen LogP contribution in [0, 0.1) is 0 Å². The zero-order valence-electron chi connectivity index (χ0n) is 9.34. The number of rotatable bonds is 4. The van der Waals surface area contributed by atoms with Gasteiger partial charge >= 0.3 is 0 Å². The van der Waals surface area contributed by atoms with Gasteiger partial charge in [0.05, 0.1) is 0 Å². The third kappa shape index (κ3) is 3.01. The Morgan fingerprint density at radius 1 is 1.35 bits per heavy atom. The van der Waals surface area contributed by atoms with E-state index in [1.165, 1.54) is 7.11 Å². The number of ether oxygens (including phenoxy) is 1.